The normalized spacial score (nSPS) is 18.2. The molecule has 0 bridgehead atoms. The first kappa shape index (κ1) is 18.0. The molecule has 8 heteroatoms. The third-order valence-corrected chi connectivity index (χ3v) is 6.49. The number of hydrogen-bond acceptors (Lipinski definition) is 3. The van der Waals surface area contributed by atoms with Crippen LogP contribution in [0.15, 0.2) is 57.9 Å². The minimum atomic E-state index is -3.85. The largest absolute Gasteiger partial charge is 0.325 e. The molecule has 2 aromatic rings. The summed E-state index contributed by atoms with van der Waals surface area (Å²) in [5.41, 5.74) is 0.597. The molecule has 0 radical (unpaired) electrons. The Morgan fingerprint density at radius 3 is 2.40 bits per heavy atom. The second-order valence-electron chi connectivity index (χ2n) is 5.72. The van der Waals surface area contributed by atoms with E-state index in [4.69, 9.17) is 0 Å². The van der Waals surface area contributed by atoms with E-state index in [1.165, 1.54) is 16.4 Å². The average Bonchev–Trinajstić information content (AvgIpc) is 3.08. The van der Waals surface area contributed by atoms with E-state index in [9.17, 15) is 17.6 Å². The van der Waals surface area contributed by atoms with Crippen molar-refractivity contribution in [2.24, 2.45) is 0 Å². The number of amides is 1. The number of sulfonamides is 1. The van der Waals surface area contributed by atoms with Gasteiger partial charge in [-0.1, -0.05) is 15.9 Å². The Hall–Kier alpha value is -1.77. The Kier molecular flexibility index (Phi) is 5.21. The van der Waals surface area contributed by atoms with Crippen molar-refractivity contribution in [2.75, 3.05) is 11.9 Å². The summed E-state index contributed by atoms with van der Waals surface area (Å²) < 4.78 is 40.7. The monoisotopic (exact) mass is 426 g/mol. The van der Waals surface area contributed by atoms with Gasteiger partial charge < -0.3 is 5.32 Å². The second kappa shape index (κ2) is 7.23. The molecular formula is C17H16BrFN2O3S. The fourth-order valence-electron chi connectivity index (χ4n) is 2.79. The number of rotatable bonds is 4. The standard InChI is InChI=1S/C17H16BrFN2O3S/c18-12-3-7-14(8-4-12)20-17(22)16-2-1-11-21(16)25(23,24)15-9-5-13(19)6-10-15/h3-10,16H,1-2,11H2,(H,20,22)/t16-/m0/s1. The molecule has 132 valence electrons. The number of halogens is 2. The summed E-state index contributed by atoms with van der Waals surface area (Å²) in [6, 6.07) is 10.9. The molecule has 25 heavy (non-hydrogen) atoms. The molecule has 0 unspecified atom stereocenters. The number of anilines is 1. The van der Waals surface area contributed by atoms with Gasteiger partial charge >= 0.3 is 0 Å². The molecule has 1 amide bonds. The van der Waals surface area contributed by atoms with E-state index in [2.05, 4.69) is 21.2 Å². The molecule has 0 aliphatic carbocycles. The van der Waals surface area contributed by atoms with Crippen molar-refractivity contribution < 1.29 is 17.6 Å². The van der Waals surface area contributed by atoms with Gasteiger partial charge in [0.05, 0.1) is 4.90 Å². The lowest BCUT2D eigenvalue weighted by atomic mass is 10.2. The predicted octanol–water partition coefficient (Wildman–Crippen LogP) is 3.38. The summed E-state index contributed by atoms with van der Waals surface area (Å²) in [6.07, 6.45) is 1.04. The molecule has 1 aliphatic rings. The summed E-state index contributed by atoms with van der Waals surface area (Å²) in [6.45, 7) is 0.262. The molecule has 0 saturated carbocycles. The minimum absolute atomic E-state index is 0.0164. The Morgan fingerprint density at radius 2 is 1.76 bits per heavy atom. The van der Waals surface area contributed by atoms with Crippen LogP contribution in [-0.2, 0) is 14.8 Å². The number of benzene rings is 2. The van der Waals surface area contributed by atoms with Crippen molar-refractivity contribution in [1.29, 1.82) is 0 Å². The first-order chi connectivity index (χ1) is 11.9. The predicted molar refractivity (Wildman–Crippen MR) is 96.1 cm³/mol. The Balaban J connectivity index is 1.80. The van der Waals surface area contributed by atoms with E-state index < -0.39 is 21.9 Å². The second-order valence-corrected chi connectivity index (χ2v) is 8.53. The van der Waals surface area contributed by atoms with Gasteiger partial charge in [0.15, 0.2) is 0 Å². The molecule has 3 rings (SSSR count). The first-order valence-corrected chi connectivity index (χ1v) is 9.95. The van der Waals surface area contributed by atoms with Gasteiger partial charge in [-0.25, -0.2) is 12.8 Å². The van der Waals surface area contributed by atoms with Crippen LogP contribution in [0.2, 0.25) is 0 Å². The Morgan fingerprint density at radius 1 is 1.12 bits per heavy atom. The van der Waals surface area contributed by atoms with E-state index in [1.54, 1.807) is 24.3 Å². The highest BCUT2D eigenvalue weighted by Crippen LogP contribution is 2.27. The van der Waals surface area contributed by atoms with Crippen LogP contribution in [-0.4, -0.2) is 31.2 Å². The van der Waals surface area contributed by atoms with Crippen LogP contribution in [0, 0.1) is 5.82 Å². The van der Waals surface area contributed by atoms with Gasteiger partial charge in [0.1, 0.15) is 11.9 Å². The molecule has 1 N–H and O–H groups in total. The third-order valence-electron chi connectivity index (χ3n) is 4.04. The zero-order valence-electron chi connectivity index (χ0n) is 13.2. The lowest BCUT2D eigenvalue weighted by Crippen LogP contribution is -2.43. The molecule has 0 spiro atoms. The molecule has 1 aliphatic heterocycles. The molecule has 1 saturated heterocycles. The molecule has 1 fully saturated rings. The number of nitrogens with zero attached hydrogens (tertiary/aromatic N) is 1. The lowest BCUT2D eigenvalue weighted by Gasteiger charge is -2.23. The molecule has 5 nitrogen and oxygen atoms in total. The van der Waals surface area contributed by atoms with Crippen LogP contribution < -0.4 is 5.32 Å². The summed E-state index contributed by atoms with van der Waals surface area (Å²) in [5.74, 6) is -0.879. The van der Waals surface area contributed by atoms with Gasteiger partial charge in [0.25, 0.3) is 0 Å². The number of hydrogen-bond donors (Lipinski definition) is 1. The zero-order valence-corrected chi connectivity index (χ0v) is 15.6. The topological polar surface area (TPSA) is 66.5 Å². The highest BCUT2D eigenvalue weighted by Gasteiger charge is 2.39. The van der Waals surface area contributed by atoms with Gasteiger partial charge in [-0.3, -0.25) is 4.79 Å². The summed E-state index contributed by atoms with van der Waals surface area (Å²) in [7, 11) is -3.85. The SMILES string of the molecule is O=C(Nc1ccc(Br)cc1)[C@@H]1CCCN1S(=O)(=O)c1ccc(F)cc1. The van der Waals surface area contributed by atoms with Crippen LogP contribution in [0.5, 0.6) is 0 Å². The fourth-order valence-corrected chi connectivity index (χ4v) is 4.71. The Bertz CT molecular complexity index is 870. The minimum Gasteiger partial charge on any atom is -0.325 e. The van der Waals surface area contributed by atoms with E-state index in [0.717, 1.165) is 16.6 Å². The molecular weight excluding hydrogens is 411 g/mol. The third kappa shape index (κ3) is 3.91. The van der Waals surface area contributed by atoms with Gasteiger partial charge in [-0.05, 0) is 61.4 Å². The molecule has 1 atom stereocenters. The zero-order chi connectivity index (χ0) is 18.0. The van der Waals surface area contributed by atoms with E-state index in [-0.39, 0.29) is 17.3 Å². The van der Waals surface area contributed by atoms with E-state index >= 15 is 0 Å². The van der Waals surface area contributed by atoms with Gasteiger partial charge in [0, 0.05) is 16.7 Å². The van der Waals surface area contributed by atoms with Crippen molar-refractivity contribution in [2.45, 2.75) is 23.8 Å². The summed E-state index contributed by atoms with van der Waals surface area (Å²) in [5, 5.41) is 2.75. The first-order valence-electron chi connectivity index (χ1n) is 7.72. The average molecular weight is 427 g/mol. The molecule has 2 aromatic carbocycles. The van der Waals surface area contributed by atoms with Crippen molar-refractivity contribution >= 4 is 37.5 Å². The quantitative estimate of drug-likeness (QED) is 0.814. The number of carbonyl (C=O) groups excluding carboxylic acids is 1. The highest BCUT2D eigenvalue weighted by atomic mass is 79.9. The van der Waals surface area contributed by atoms with Crippen LogP contribution in [0.3, 0.4) is 0 Å². The van der Waals surface area contributed by atoms with Crippen molar-refractivity contribution in [3.8, 4) is 0 Å². The van der Waals surface area contributed by atoms with Crippen molar-refractivity contribution in [3.05, 3.63) is 58.8 Å². The van der Waals surface area contributed by atoms with Crippen LogP contribution in [0.4, 0.5) is 10.1 Å². The number of nitrogens with one attached hydrogen (secondary N) is 1. The van der Waals surface area contributed by atoms with Crippen LogP contribution >= 0.6 is 15.9 Å². The summed E-state index contributed by atoms with van der Waals surface area (Å²) >= 11 is 3.32. The van der Waals surface area contributed by atoms with Crippen molar-refractivity contribution in [1.82, 2.24) is 4.31 Å². The fraction of sp³-hybridized carbons (Fsp3) is 0.235. The highest BCUT2D eigenvalue weighted by molar-refractivity contribution is 9.10. The maximum absolute atomic E-state index is 13.1. The van der Waals surface area contributed by atoms with Crippen LogP contribution in [0.25, 0.3) is 0 Å². The van der Waals surface area contributed by atoms with Crippen molar-refractivity contribution in [3.63, 3.8) is 0 Å². The number of carbonyl (C=O) groups is 1. The van der Waals surface area contributed by atoms with E-state index in [0.29, 0.717) is 18.5 Å². The van der Waals surface area contributed by atoms with Gasteiger partial charge in [-0.2, -0.15) is 4.31 Å². The maximum Gasteiger partial charge on any atom is 0.243 e. The van der Waals surface area contributed by atoms with Gasteiger partial charge in [-0.15, -0.1) is 0 Å². The van der Waals surface area contributed by atoms with Crippen LogP contribution in [0.1, 0.15) is 12.8 Å². The van der Waals surface area contributed by atoms with Gasteiger partial charge in [0.2, 0.25) is 15.9 Å². The molecule has 1 heterocycles. The smallest absolute Gasteiger partial charge is 0.243 e. The lowest BCUT2D eigenvalue weighted by molar-refractivity contribution is -0.119. The maximum atomic E-state index is 13.1. The summed E-state index contributed by atoms with van der Waals surface area (Å²) in [4.78, 5) is 12.5. The van der Waals surface area contributed by atoms with E-state index in [1.807, 2.05) is 0 Å². The Labute approximate surface area is 154 Å². The molecule has 0 aromatic heterocycles.